The van der Waals surface area contributed by atoms with Crippen LogP contribution in [0.2, 0.25) is 0 Å². The van der Waals surface area contributed by atoms with Crippen LogP contribution in [0, 0.1) is 12.8 Å². The molecule has 0 spiro atoms. The van der Waals surface area contributed by atoms with Gasteiger partial charge in [0.25, 0.3) is 5.56 Å². The molecule has 1 aromatic rings. The fourth-order valence-electron chi connectivity index (χ4n) is 3.17. The van der Waals surface area contributed by atoms with E-state index in [2.05, 4.69) is 4.98 Å². The number of nitrogens with one attached hydrogen (secondary N) is 1. The van der Waals surface area contributed by atoms with Gasteiger partial charge in [0, 0.05) is 18.2 Å². The van der Waals surface area contributed by atoms with Crippen LogP contribution < -0.4 is 11.2 Å². The summed E-state index contributed by atoms with van der Waals surface area (Å²) >= 11 is 0. The molecule has 0 amide bonds. The van der Waals surface area contributed by atoms with E-state index in [0.717, 1.165) is 0 Å². The second-order valence-corrected chi connectivity index (χ2v) is 9.36. The normalized spacial score (nSPS) is 29.6. The molecule has 1 N–H and O–H groups in total. The number of hydrogen-bond donors (Lipinski definition) is 1. The third-order valence-corrected chi connectivity index (χ3v) is 6.35. The largest absolute Gasteiger partial charge is 0.475 e. The van der Waals surface area contributed by atoms with Crippen LogP contribution in [0.15, 0.2) is 15.8 Å². The highest BCUT2D eigenvalue weighted by Gasteiger charge is 2.48. The molecule has 2 saturated heterocycles. The average Bonchev–Trinajstić information content (AvgIpc) is 3.06. The second-order valence-electron chi connectivity index (χ2n) is 7.74. The Labute approximate surface area is 173 Å². The minimum absolute atomic E-state index is 0.00805. The molecule has 0 saturated carbocycles. The van der Waals surface area contributed by atoms with Crippen molar-refractivity contribution in [1.29, 1.82) is 0 Å². The van der Waals surface area contributed by atoms with E-state index in [9.17, 15) is 18.9 Å². The van der Waals surface area contributed by atoms with E-state index in [-0.39, 0.29) is 31.7 Å². The Morgan fingerprint density at radius 2 is 2.07 bits per heavy atom. The van der Waals surface area contributed by atoms with Crippen molar-refractivity contribution in [2.24, 2.45) is 5.92 Å². The van der Waals surface area contributed by atoms with Crippen LogP contribution in [0.5, 0.6) is 0 Å². The number of phosphoric ester groups is 1. The van der Waals surface area contributed by atoms with E-state index in [1.54, 1.807) is 27.7 Å². The van der Waals surface area contributed by atoms with Crippen molar-refractivity contribution >= 4 is 13.8 Å². The number of rotatable bonds is 7. The number of aryl methyl sites for hydroxylation is 1. The smallest absolute Gasteiger partial charge is 0.463 e. The number of esters is 1. The number of fused-ring (bicyclic) bond motifs is 1. The Hall–Kier alpha value is -1.78. The number of nitrogens with zero attached hydrogens (tertiary/aromatic N) is 1. The maximum absolute atomic E-state index is 12.8. The number of aromatic nitrogens is 2. The van der Waals surface area contributed by atoms with Gasteiger partial charge in [0.2, 0.25) is 0 Å². The van der Waals surface area contributed by atoms with E-state index in [1.807, 2.05) is 0 Å². The third-order valence-electron chi connectivity index (χ3n) is 4.85. The van der Waals surface area contributed by atoms with E-state index in [4.69, 9.17) is 23.0 Å². The predicted molar refractivity (Wildman–Crippen MR) is 104 cm³/mol. The standard InChI is InChI=1S/C18H27N2O9P/c1-10(2)27-17(22)11(3)5-6-25-30(24)26-9-14-13(29-30)7-15(28-14)20-8-12(4)16(21)19-18(20)23/h8,10-11,13-15H,5-7,9H2,1-4H3,(H,19,21,23)/t11?,13?,14-,15-,30?/m1/s1. The van der Waals surface area contributed by atoms with Crippen molar-refractivity contribution in [3.05, 3.63) is 32.6 Å². The molecule has 2 fully saturated rings. The summed E-state index contributed by atoms with van der Waals surface area (Å²) < 4.78 is 41.1. The number of H-pyrrole nitrogens is 1. The fourth-order valence-corrected chi connectivity index (χ4v) is 4.58. The van der Waals surface area contributed by atoms with Gasteiger partial charge < -0.3 is 9.47 Å². The lowest BCUT2D eigenvalue weighted by Crippen LogP contribution is -2.34. The molecular weight excluding hydrogens is 419 g/mol. The van der Waals surface area contributed by atoms with Crippen molar-refractivity contribution in [2.75, 3.05) is 13.2 Å². The average molecular weight is 446 g/mol. The maximum atomic E-state index is 12.8. The first-order valence-corrected chi connectivity index (χ1v) is 11.3. The summed E-state index contributed by atoms with van der Waals surface area (Å²) in [5.41, 5.74) is -0.697. The van der Waals surface area contributed by atoms with Crippen molar-refractivity contribution in [2.45, 2.75) is 65.1 Å². The summed E-state index contributed by atoms with van der Waals surface area (Å²) in [6, 6.07) is 0. The van der Waals surface area contributed by atoms with Crippen LogP contribution in [-0.4, -0.2) is 47.0 Å². The Balaban J connectivity index is 1.56. The van der Waals surface area contributed by atoms with E-state index < -0.39 is 43.4 Å². The number of carbonyl (C=O) groups is 1. The van der Waals surface area contributed by atoms with Crippen molar-refractivity contribution in [3.63, 3.8) is 0 Å². The zero-order valence-corrected chi connectivity index (χ0v) is 18.3. The first-order valence-electron chi connectivity index (χ1n) is 9.83. The van der Waals surface area contributed by atoms with Gasteiger partial charge in [0.1, 0.15) is 18.4 Å². The molecule has 0 bridgehead atoms. The van der Waals surface area contributed by atoms with Gasteiger partial charge in [-0.05, 0) is 27.2 Å². The highest BCUT2D eigenvalue weighted by Crippen LogP contribution is 2.56. The predicted octanol–water partition coefficient (Wildman–Crippen LogP) is 1.65. The summed E-state index contributed by atoms with van der Waals surface area (Å²) in [7, 11) is -3.82. The molecule has 0 aromatic carbocycles. The van der Waals surface area contributed by atoms with Crippen LogP contribution >= 0.6 is 7.82 Å². The summed E-state index contributed by atoms with van der Waals surface area (Å²) in [5, 5.41) is 0. The summed E-state index contributed by atoms with van der Waals surface area (Å²) in [4.78, 5) is 37.7. The van der Waals surface area contributed by atoms with Crippen LogP contribution in [0.25, 0.3) is 0 Å². The summed E-state index contributed by atoms with van der Waals surface area (Å²) in [6.07, 6.45) is -0.0839. The summed E-state index contributed by atoms with van der Waals surface area (Å²) in [5.74, 6) is -0.780. The van der Waals surface area contributed by atoms with Crippen LogP contribution in [0.4, 0.5) is 0 Å². The number of ether oxygens (including phenoxy) is 2. The highest BCUT2D eigenvalue weighted by molar-refractivity contribution is 7.48. The molecule has 12 heteroatoms. The Morgan fingerprint density at radius 1 is 1.33 bits per heavy atom. The van der Waals surface area contributed by atoms with Crippen molar-refractivity contribution in [3.8, 4) is 0 Å². The lowest BCUT2D eigenvalue weighted by Gasteiger charge is -2.30. The Morgan fingerprint density at radius 3 is 2.77 bits per heavy atom. The SMILES string of the molecule is Cc1cn([C@H]2CC3OP(=O)(OCCC(C)C(=O)OC(C)C)OC[C@H]3O2)c(=O)[nH]c1=O. The molecule has 11 nitrogen and oxygen atoms in total. The van der Waals surface area contributed by atoms with E-state index in [0.29, 0.717) is 12.0 Å². The topological polar surface area (TPSA) is 135 Å². The van der Waals surface area contributed by atoms with Gasteiger partial charge in [-0.15, -0.1) is 0 Å². The minimum Gasteiger partial charge on any atom is -0.463 e. The Kier molecular flexibility index (Phi) is 6.98. The first kappa shape index (κ1) is 22.9. The lowest BCUT2D eigenvalue weighted by atomic mass is 10.1. The monoisotopic (exact) mass is 446 g/mol. The zero-order valence-electron chi connectivity index (χ0n) is 17.4. The lowest BCUT2D eigenvalue weighted by molar-refractivity contribution is -0.152. The summed E-state index contributed by atoms with van der Waals surface area (Å²) in [6.45, 7) is 6.77. The van der Waals surface area contributed by atoms with E-state index in [1.165, 1.54) is 10.8 Å². The Bertz CT molecular complexity index is 940. The molecule has 3 rings (SSSR count). The second kappa shape index (κ2) is 9.15. The number of phosphoric acid groups is 1. The molecule has 1 aromatic heterocycles. The van der Waals surface area contributed by atoms with Crippen LogP contribution in [0.3, 0.4) is 0 Å². The number of carbonyl (C=O) groups excluding carboxylic acids is 1. The van der Waals surface area contributed by atoms with E-state index >= 15 is 0 Å². The zero-order chi connectivity index (χ0) is 22.1. The molecule has 30 heavy (non-hydrogen) atoms. The molecule has 3 heterocycles. The molecule has 168 valence electrons. The van der Waals surface area contributed by atoms with Gasteiger partial charge in [-0.1, -0.05) is 6.92 Å². The third kappa shape index (κ3) is 5.28. The highest BCUT2D eigenvalue weighted by atomic mass is 31.2. The molecule has 0 aliphatic carbocycles. The number of hydrogen-bond acceptors (Lipinski definition) is 9. The maximum Gasteiger partial charge on any atom is 0.475 e. The molecule has 2 aliphatic rings. The van der Waals surface area contributed by atoms with Crippen molar-refractivity contribution in [1.82, 2.24) is 9.55 Å². The van der Waals surface area contributed by atoms with Gasteiger partial charge in [0.05, 0.1) is 25.2 Å². The van der Waals surface area contributed by atoms with Gasteiger partial charge in [-0.25, -0.2) is 9.36 Å². The molecule has 2 aliphatic heterocycles. The van der Waals surface area contributed by atoms with Gasteiger partial charge in [-0.3, -0.25) is 32.7 Å². The molecular formula is C18H27N2O9P. The van der Waals surface area contributed by atoms with Crippen LogP contribution in [0.1, 0.15) is 45.4 Å². The number of aromatic amines is 1. The van der Waals surface area contributed by atoms with Gasteiger partial charge in [-0.2, -0.15) is 0 Å². The quantitative estimate of drug-likeness (QED) is 0.490. The molecule has 3 unspecified atom stereocenters. The van der Waals surface area contributed by atoms with Gasteiger partial charge in [0.15, 0.2) is 0 Å². The van der Waals surface area contributed by atoms with Crippen molar-refractivity contribution < 1.29 is 32.4 Å². The minimum atomic E-state index is -3.82. The first-order chi connectivity index (χ1) is 14.1. The van der Waals surface area contributed by atoms with Crippen LogP contribution in [-0.2, 0) is 32.4 Å². The molecule has 0 radical (unpaired) electrons. The fraction of sp³-hybridized carbons (Fsp3) is 0.722. The molecule has 5 atom stereocenters. The van der Waals surface area contributed by atoms with Gasteiger partial charge >= 0.3 is 19.5 Å².